The lowest BCUT2D eigenvalue weighted by molar-refractivity contribution is -0.118. The fourth-order valence-corrected chi connectivity index (χ4v) is 4.99. The predicted octanol–water partition coefficient (Wildman–Crippen LogP) is 4.15. The third-order valence-corrected chi connectivity index (χ3v) is 6.48. The molecule has 2 aliphatic rings. The van der Waals surface area contributed by atoms with Crippen LogP contribution in [0.1, 0.15) is 50.7 Å². The maximum atomic E-state index is 13.3. The highest BCUT2D eigenvalue weighted by Gasteiger charge is 2.42. The van der Waals surface area contributed by atoms with Crippen molar-refractivity contribution in [1.82, 2.24) is 9.97 Å². The molecule has 2 N–H and O–H groups in total. The molecule has 30 heavy (non-hydrogen) atoms. The fourth-order valence-electron chi connectivity index (χ4n) is 4.40. The van der Waals surface area contributed by atoms with Crippen molar-refractivity contribution in [3.63, 3.8) is 0 Å². The molecule has 158 valence electrons. The summed E-state index contributed by atoms with van der Waals surface area (Å²) < 4.78 is 0. The lowest BCUT2D eigenvalue weighted by atomic mass is 9.69. The molecule has 1 aromatic carbocycles. The lowest BCUT2D eigenvalue weighted by Gasteiger charge is -2.38. The van der Waals surface area contributed by atoms with Gasteiger partial charge in [-0.2, -0.15) is 0 Å². The first kappa shape index (κ1) is 20.7. The number of H-pyrrole nitrogens is 1. The molecule has 0 amide bonds. The first-order valence-corrected chi connectivity index (χ1v) is 11.3. The molecule has 1 atom stereocenters. The summed E-state index contributed by atoms with van der Waals surface area (Å²) >= 11 is 1.50. The zero-order valence-electron chi connectivity index (χ0n) is 18.1. The molecule has 2 aromatic rings. The quantitative estimate of drug-likeness (QED) is 0.567. The Labute approximate surface area is 181 Å². The Morgan fingerprint density at radius 1 is 1.17 bits per heavy atom. The van der Waals surface area contributed by atoms with E-state index in [1.54, 1.807) is 0 Å². The average Bonchev–Trinajstić information content (AvgIpc) is 2.65. The number of fused-ring (bicyclic) bond motifs is 1. The van der Waals surface area contributed by atoms with Gasteiger partial charge in [0.1, 0.15) is 5.82 Å². The Bertz CT molecular complexity index is 1080. The van der Waals surface area contributed by atoms with Gasteiger partial charge < -0.3 is 15.2 Å². The standard InChI is InChI=1S/C23H28N4O2S/c1-6-30-22-25-20-19(21(29)26-22)17(13-7-9-14(10-8-13)27(4)5)18-15(24-20)11-23(2,3)12-16(18)28/h7-10,17H,6,11-12H2,1-5H3,(H2,24,25,26,29)/t17-/m0/s1. The molecule has 0 radical (unpaired) electrons. The summed E-state index contributed by atoms with van der Waals surface area (Å²) in [5.41, 5.74) is 3.84. The van der Waals surface area contributed by atoms with Crippen molar-refractivity contribution in [1.29, 1.82) is 0 Å². The molecule has 1 aliphatic heterocycles. The summed E-state index contributed by atoms with van der Waals surface area (Å²) in [6.45, 7) is 6.24. The molecule has 1 aliphatic carbocycles. The van der Waals surface area contributed by atoms with Crippen molar-refractivity contribution in [2.24, 2.45) is 5.41 Å². The highest BCUT2D eigenvalue weighted by molar-refractivity contribution is 7.99. The summed E-state index contributed by atoms with van der Waals surface area (Å²) in [7, 11) is 3.98. The van der Waals surface area contributed by atoms with Crippen molar-refractivity contribution < 1.29 is 4.79 Å². The Balaban J connectivity index is 1.92. The molecule has 1 aromatic heterocycles. The van der Waals surface area contributed by atoms with Gasteiger partial charge in [0, 0.05) is 43.4 Å². The van der Waals surface area contributed by atoms with E-state index >= 15 is 0 Å². The Morgan fingerprint density at radius 3 is 2.50 bits per heavy atom. The van der Waals surface area contributed by atoms with Crippen LogP contribution in [0.25, 0.3) is 0 Å². The molecular formula is C23H28N4O2S. The third kappa shape index (κ3) is 3.67. The van der Waals surface area contributed by atoms with Gasteiger partial charge >= 0.3 is 0 Å². The molecule has 0 saturated heterocycles. The Kier molecular flexibility index (Phi) is 5.26. The lowest BCUT2D eigenvalue weighted by Crippen LogP contribution is -2.37. The molecule has 0 spiro atoms. The van der Waals surface area contributed by atoms with Gasteiger partial charge in [0.05, 0.1) is 5.56 Å². The van der Waals surface area contributed by atoms with Crippen LogP contribution in [0.15, 0.2) is 45.5 Å². The van der Waals surface area contributed by atoms with Crippen LogP contribution in [0.3, 0.4) is 0 Å². The summed E-state index contributed by atoms with van der Waals surface area (Å²) in [5, 5.41) is 3.96. The SMILES string of the molecule is CCSc1nc2c(c(=O)[nH]1)[C@@H](c1ccc(N(C)C)cc1)C1=C(CC(C)(C)CC1=O)N2. The number of anilines is 2. The predicted molar refractivity (Wildman–Crippen MR) is 123 cm³/mol. The molecule has 0 saturated carbocycles. The van der Waals surface area contributed by atoms with Crippen LogP contribution in [-0.4, -0.2) is 35.6 Å². The van der Waals surface area contributed by atoms with Crippen LogP contribution in [0.2, 0.25) is 0 Å². The van der Waals surface area contributed by atoms with Gasteiger partial charge in [-0.15, -0.1) is 0 Å². The zero-order chi connectivity index (χ0) is 21.6. The van der Waals surface area contributed by atoms with Crippen molar-refractivity contribution in [2.45, 2.75) is 44.7 Å². The van der Waals surface area contributed by atoms with E-state index in [1.165, 1.54) is 11.8 Å². The van der Waals surface area contributed by atoms with E-state index in [9.17, 15) is 9.59 Å². The maximum Gasteiger partial charge on any atom is 0.257 e. The number of nitrogens with zero attached hydrogens (tertiary/aromatic N) is 2. The monoisotopic (exact) mass is 424 g/mol. The number of thioether (sulfide) groups is 1. The summed E-state index contributed by atoms with van der Waals surface area (Å²) in [6.07, 6.45) is 1.23. The third-order valence-electron chi connectivity index (χ3n) is 5.72. The van der Waals surface area contributed by atoms with E-state index in [2.05, 4.69) is 24.1 Å². The minimum Gasteiger partial charge on any atom is -0.378 e. The normalized spacial score (nSPS) is 19.8. The molecular weight excluding hydrogens is 396 g/mol. The van der Waals surface area contributed by atoms with Crippen LogP contribution in [0.5, 0.6) is 0 Å². The van der Waals surface area contributed by atoms with Crippen molar-refractivity contribution in [3.8, 4) is 0 Å². The Morgan fingerprint density at radius 2 is 1.87 bits per heavy atom. The highest BCUT2D eigenvalue weighted by Crippen LogP contribution is 2.47. The average molecular weight is 425 g/mol. The molecule has 0 bridgehead atoms. The number of carbonyl (C=O) groups excluding carboxylic acids is 1. The minimum atomic E-state index is -0.409. The molecule has 0 fully saturated rings. The maximum absolute atomic E-state index is 13.3. The van der Waals surface area contributed by atoms with Gasteiger partial charge in [-0.1, -0.05) is 44.7 Å². The summed E-state index contributed by atoms with van der Waals surface area (Å²) in [4.78, 5) is 36.0. The van der Waals surface area contributed by atoms with Crippen LogP contribution in [0.4, 0.5) is 11.5 Å². The van der Waals surface area contributed by atoms with Crippen LogP contribution in [0, 0.1) is 5.41 Å². The number of hydrogen-bond acceptors (Lipinski definition) is 6. The van der Waals surface area contributed by atoms with Crippen molar-refractivity contribution in [3.05, 3.63) is 57.0 Å². The van der Waals surface area contributed by atoms with E-state index in [1.807, 2.05) is 50.2 Å². The van der Waals surface area contributed by atoms with Crippen LogP contribution in [-0.2, 0) is 4.79 Å². The van der Waals surface area contributed by atoms with Crippen molar-refractivity contribution >= 4 is 29.1 Å². The van der Waals surface area contributed by atoms with Gasteiger partial charge in [-0.05, 0) is 35.3 Å². The minimum absolute atomic E-state index is 0.104. The van der Waals surface area contributed by atoms with E-state index in [-0.39, 0.29) is 16.8 Å². The van der Waals surface area contributed by atoms with Gasteiger partial charge in [0.2, 0.25) is 0 Å². The van der Waals surface area contributed by atoms with Crippen molar-refractivity contribution in [2.75, 3.05) is 30.1 Å². The highest BCUT2D eigenvalue weighted by atomic mass is 32.2. The first-order chi connectivity index (χ1) is 14.2. The number of carbonyl (C=O) groups is 1. The second-order valence-electron chi connectivity index (χ2n) is 8.94. The molecule has 2 heterocycles. The number of rotatable bonds is 4. The number of benzene rings is 1. The van der Waals surface area contributed by atoms with E-state index < -0.39 is 5.92 Å². The second kappa shape index (κ2) is 7.61. The topological polar surface area (TPSA) is 78.1 Å². The number of aromatic amines is 1. The first-order valence-electron chi connectivity index (χ1n) is 10.3. The number of ketones is 1. The van der Waals surface area contributed by atoms with E-state index in [0.717, 1.165) is 29.1 Å². The van der Waals surface area contributed by atoms with E-state index in [4.69, 9.17) is 4.98 Å². The van der Waals surface area contributed by atoms with Gasteiger partial charge in [-0.25, -0.2) is 4.98 Å². The molecule has 0 unspecified atom stereocenters. The largest absolute Gasteiger partial charge is 0.378 e. The molecule has 7 heteroatoms. The number of hydrogen-bond donors (Lipinski definition) is 2. The van der Waals surface area contributed by atoms with Crippen LogP contribution < -0.4 is 15.8 Å². The second-order valence-corrected chi connectivity index (χ2v) is 10.2. The fraction of sp³-hybridized carbons (Fsp3) is 0.435. The van der Waals surface area contributed by atoms with Gasteiger partial charge in [-0.3, -0.25) is 9.59 Å². The summed E-state index contributed by atoms with van der Waals surface area (Å²) in [6, 6.07) is 8.08. The zero-order valence-corrected chi connectivity index (χ0v) is 18.9. The van der Waals surface area contributed by atoms with Gasteiger partial charge in [0.25, 0.3) is 5.56 Å². The number of nitrogens with one attached hydrogen (secondary N) is 2. The molecule has 6 nitrogen and oxygen atoms in total. The molecule has 4 rings (SSSR count). The van der Waals surface area contributed by atoms with Gasteiger partial charge in [0.15, 0.2) is 10.9 Å². The van der Waals surface area contributed by atoms with Crippen LogP contribution >= 0.6 is 11.8 Å². The number of allylic oxidation sites excluding steroid dienone is 2. The number of Topliss-reactive ketones (excluding diaryl/α,β-unsaturated/α-hetero) is 1. The summed E-state index contributed by atoms with van der Waals surface area (Å²) in [5.74, 6) is 1.08. The Hall–Kier alpha value is -2.54. The van der Waals surface area contributed by atoms with E-state index in [0.29, 0.717) is 28.5 Å². The number of aromatic nitrogens is 2. The smallest absolute Gasteiger partial charge is 0.257 e.